The predicted octanol–water partition coefficient (Wildman–Crippen LogP) is 20.0. The van der Waals surface area contributed by atoms with Gasteiger partial charge in [0.25, 0.3) is 0 Å². The molecule has 0 saturated carbocycles. The zero-order valence-corrected chi connectivity index (χ0v) is 55.2. The average Bonchev–Trinajstić information content (AvgIpc) is 3.58. The van der Waals surface area contributed by atoms with E-state index in [0.717, 1.165) is 30.0 Å². The van der Waals surface area contributed by atoms with Crippen LogP contribution in [0.3, 0.4) is 0 Å². The Morgan fingerprint density at radius 1 is 0.400 bits per heavy atom. The number of amides is 1. The Morgan fingerprint density at radius 3 is 0.976 bits per heavy atom. The summed E-state index contributed by atoms with van der Waals surface area (Å²) in [6, 6.07) is 19.1. The lowest BCUT2D eigenvalue weighted by Gasteiger charge is -2.24. The largest absolute Gasteiger partial charge is 0.463 e. The summed E-state index contributed by atoms with van der Waals surface area (Å²) >= 11 is 0. The van der Waals surface area contributed by atoms with Crippen LogP contribution in [0.15, 0.2) is 122 Å². The fourth-order valence-electron chi connectivity index (χ4n) is 8.53. The maximum Gasteiger partial charge on any atom is 0.333 e. The number of benzene rings is 2. The summed E-state index contributed by atoms with van der Waals surface area (Å²) < 4.78 is 19.8. The second-order valence-corrected chi connectivity index (χ2v) is 23.0. The van der Waals surface area contributed by atoms with Crippen molar-refractivity contribution in [2.75, 3.05) is 13.2 Å². The van der Waals surface area contributed by atoms with Gasteiger partial charge in [0, 0.05) is 40.8 Å². The number of rotatable bonds is 46. The van der Waals surface area contributed by atoms with Crippen LogP contribution >= 0.6 is 0 Å². The van der Waals surface area contributed by atoms with Crippen LogP contribution in [0, 0.1) is 0 Å². The summed E-state index contributed by atoms with van der Waals surface area (Å²) in [7, 11) is 0. The minimum atomic E-state index is -0.484. The van der Waals surface area contributed by atoms with Gasteiger partial charge in [-0.25, -0.2) is 19.2 Å². The highest BCUT2D eigenvalue weighted by Gasteiger charge is 2.22. The highest BCUT2D eigenvalue weighted by molar-refractivity contribution is 5.93. The highest BCUT2D eigenvalue weighted by Crippen LogP contribution is 2.16. The fraction of sp³-hybridized carbons (Fsp3) is 0.622. The Hall–Kier alpha value is -5.84. The van der Waals surface area contributed by atoms with Gasteiger partial charge in [0.2, 0.25) is 5.91 Å². The van der Waals surface area contributed by atoms with E-state index in [-0.39, 0.29) is 35.6 Å². The molecule has 2 aromatic rings. The van der Waals surface area contributed by atoms with Crippen LogP contribution in [0.5, 0.6) is 0 Å². The number of unbranched alkanes of at least 4 members (excludes halogenated alkanes) is 30. The number of esters is 4. The first-order chi connectivity index (χ1) is 40.8. The zero-order chi connectivity index (χ0) is 64.0. The van der Waals surface area contributed by atoms with Gasteiger partial charge in [-0.05, 0) is 65.5 Å². The summed E-state index contributed by atoms with van der Waals surface area (Å²) in [4.78, 5) is 65.7. The van der Waals surface area contributed by atoms with Crippen molar-refractivity contribution in [2.24, 2.45) is 0 Å². The van der Waals surface area contributed by atoms with Crippen LogP contribution in [0.1, 0.15) is 278 Å². The minimum Gasteiger partial charge on any atom is -0.463 e. The van der Waals surface area contributed by atoms with E-state index in [1.165, 1.54) is 206 Å². The molecule has 0 aliphatic heterocycles. The van der Waals surface area contributed by atoms with Crippen molar-refractivity contribution < 1.29 is 47.7 Å². The molecule has 0 aliphatic rings. The van der Waals surface area contributed by atoms with Crippen molar-refractivity contribution in [1.29, 1.82) is 0 Å². The van der Waals surface area contributed by atoms with E-state index in [2.05, 4.69) is 52.1 Å². The quantitative estimate of drug-likeness (QED) is 0.0293. The summed E-state index contributed by atoms with van der Waals surface area (Å²) in [5.74, 6) is -1.43. The van der Waals surface area contributed by atoms with Crippen LogP contribution < -0.4 is 5.32 Å². The lowest BCUT2D eigenvalue weighted by Crippen LogP contribution is -2.44. The van der Waals surface area contributed by atoms with Crippen LogP contribution in [-0.2, 0) is 60.9 Å². The van der Waals surface area contributed by atoms with Gasteiger partial charge in [-0.15, -0.1) is 0 Å². The van der Waals surface area contributed by atoms with Crippen molar-refractivity contribution in [3.8, 4) is 0 Å². The van der Waals surface area contributed by atoms with E-state index in [0.29, 0.717) is 49.6 Å². The molecule has 11 heteroatoms. The maximum atomic E-state index is 11.2. The lowest BCUT2D eigenvalue weighted by atomic mass is 9.98. The molecular formula is C74H121NO10. The van der Waals surface area contributed by atoms with E-state index in [1.807, 2.05) is 74.5 Å². The highest BCUT2D eigenvalue weighted by atomic mass is 16.5. The van der Waals surface area contributed by atoms with Gasteiger partial charge in [0.15, 0.2) is 0 Å². The Labute approximate surface area is 519 Å². The normalized spacial score (nSPS) is 10.3. The first-order valence-electron chi connectivity index (χ1n) is 32.6. The number of nitrogens with one attached hydrogen (secondary N) is 1. The molecule has 85 heavy (non-hydrogen) atoms. The minimum absolute atomic E-state index is 0.0621. The van der Waals surface area contributed by atoms with E-state index in [1.54, 1.807) is 20.8 Å². The number of ketones is 1. The van der Waals surface area contributed by atoms with Crippen molar-refractivity contribution in [1.82, 2.24) is 5.32 Å². The first-order valence-corrected chi connectivity index (χ1v) is 32.6. The summed E-state index contributed by atoms with van der Waals surface area (Å²) in [6.07, 6.45) is 46.2. The van der Waals surface area contributed by atoms with Crippen molar-refractivity contribution in [2.45, 2.75) is 286 Å². The molecule has 0 heterocycles. The number of carbonyl (C=O) groups excluding carboxylic acids is 6. The van der Waals surface area contributed by atoms with Crippen LogP contribution in [-0.4, -0.2) is 54.3 Å². The molecule has 482 valence electrons. The predicted molar refractivity (Wildman–Crippen MR) is 356 cm³/mol. The topological polar surface area (TPSA) is 151 Å². The monoisotopic (exact) mass is 1180 g/mol. The van der Waals surface area contributed by atoms with E-state index >= 15 is 0 Å². The molecule has 0 aromatic heterocycles. The van der Waals surface area contributed by atoms with Crippen molar-refractivity contribution >= 4 is 35.6 Å². The number of hydrogen-bond donors (Lipinski definition) is 1. The summed E-state index contributed by atoms with van der Waals surface area (Å²) in [5.41, 5.74) is 2.85. The van der Waals surface area contributed by atoms with Gasteiger partial charge < -0.3 is 24.3 Å². The molecule has 1 amide bonds. The second kappa shape index (κ2) is 61.3. The molecule has 0 aliphatic carbocycles. The summed E-state index contributed by atoms with van der Waals surface area (Å²) in [5, 5.41) is 2.73. The molecular weight excluding hydrogens is 1060 g/mol. The standard InChI is InChI=1S/C22H42O2.C21H40O2.C11H12O2.C10H17NO2.C10H10O2/c1-4-5-6-7-8-9-10-11-12-13-14-15-16-17-18-19-20-24-22(23)21(2)3;1-3-5-6-7-8-9-10-11-12-13-14-15-16-17-18-19-20-23-21(22)4-2;1-9(2)11(12)13-8-10-6-4-3-5-7-10;1-7(2)9(13)11-10(4,5)6-8(3)12;1-2-10(11)12-8-9-6-4-3-5-7-9/h2,4-20H2,1,3H3;4H,2-3,5-20H2,1H3;3-7H,1,8H2,2H3;1,6H2,2-5H3,(H,11,13);2-7H,1,8H2. The van der Waals surface area contributed by atoms with Gasteiger partial charge in [0.05, 0.1) is 13.2 Å². The molecule has 0 unspecified atom stereocenters. The van der Waals surface area contributed by atoms with E-state index < -0.39 is 5.54 Å². The van der Waals surface area contributed by atoms with Crippen molar-refractivity contribution in [3.05, 3.63) is 134 Å². The number of carbonyl (C=O) groups is 6. The molecule has 0 saturated heterocycles. The molecule has 11 nitrogen and oxygen atoms in total. The SMILES string of the molecule is C=C(C)C(=O)NC(C)(C)CC(C)=O.C=C(C)C(=O)OCCCCCCCCCCCCCCCCCC.C=C(C)C(=O)OCc1ccccc1.C=CC(=O)OCCCCCCCCCCCCCCCCCC.C=CC(=O)OCc1ccccc1. The van der Waals surface area contributed by atoms with Crippen LogP contribution in [0.25, 0.3) is 0 Å². The molecule has 0 radical (unpaired) electrons. The maximum absolute atomic E-state index is 11.2. The smallest absolute Gasteiger partial charge is 0.333 e. The lowest BCUT2D eigenvalue weighted by molar-refractivity contribution is -0.140. The third-order valence-electron chi connectivity index (χ3n) is 13.5. The molecule has 0 spiro atoms. The third kappa shape index (κ3) is 64.0. The summed E-state index contributed by atoms with van der Waals surface area (Å²) in [6.45, 7) is 33.6. The van der Waals surface area contributed by atoms with Gasteiger partial charge in [-0.3, -0.25) is 9.59 Å². The Balaban J connectivity index is -0.00000102. The molecule has 2 aromatic carbocycles. The van der Waals surface area contributed by atoms with E-state index in [9.17, 15) is 28.8 Å². The molecule has 1 N–H and O–H groups in total. The average molecular weight is 1180 g/mol. The van der Waals surface area contributed by atoms with Crippen LogP contribution in [0.4, 0.5) is 0 Å². The van der Waals surface area contributed by atoms with Crippen LogP contribution in [0.2, 0.25) is 0 Å². The molecule has 0 bridgehead atoms. The third-order valence-corrected chi connectivity index (χ3v) is 13.5. The molecule has 2 rings (SSSR count). The van der Waals surface area contributed by atoms with Gasteiger partial charge in [-0.2, -0.15) is 0 Å². The number of Topliss-reactive ketones (excluding diaryl/α,β-unsaturated/α-hetero) is 1. The first kappa shape index (κ1) is 83.4. The fourth-order valence-corrected chi connectivity index (χ4v) is 8.53. The Bertz CT molecular complexity index is 2040. The molecule has 0 atom stereocenters. The Morgan fingerprint density at radius 2 is 0.682 bits per heavy atom. The second-order valence-electron chi connectivity index (χ2n) is 23.0. The Kier molecular flexibility index (Phi) is 60.1. The zero-order valence-electron chi connectivity index (χ0n) is 55.2. The van der Waals surface area contributed by atoms with E-state index in [4.69, 9.17) is 18.9 Å². The van der Waals surface area contributed by atoms with Gasteiger partial charge in [-0.1, -0.05) is 300 Å². The molecule has 0 fully saturated rings. The van der Waals surface area contributed by atoms with Crippen molar-refractivity contribution in [3.63, 3.8) is 0 Å². The van der Waals surface area contributed by atoms with Gasteiger partial charge in [0.1, 0.15) is 19.0 Å². The number of ether oxygens (including phenoxy) is 4. The van der Waals surface area contributed by atoms with Gasteiger partial charge >= 0.3 is 23.9 Å². The number of hydrogen-bond acceptors (Lipinski definition) is 10.